The first-order chi connectivity index (χ1) is 14.9. The molecule has 2 heterocycles. The van der Waals surface area contributed by atoms with Crippen LogP contribution in [0.15, 0.2) is 60.0 Å². The van der Waals surface area contributed by atoms with Crippen LogP contribution in [-0.2, 0) is 26.1 Å². The summed E-state index contributed by atoms with van der Waals surface area (Å²) in [5.74, 6) is -0.715. The Morgan fingerprint density at radius 1 is 1.16 bits per heavy atom. The van der Waals surface area contributed by atoms with Gasteiger partial charge in [-0.05, 0) is 18.4 Å². The third-order valence-electron chi connectivity index (χ3n) is 4.64. The van der Waals surface area contributed by atoms with Gasteiger partial charge in [0.1, 0.15) is 17.9 Å². The summed E-state index contributed by atoms with van der Waals surface area (Å²) >= 11 is 6.03. The van der Waals surface area contributed by atoms with Crippen molar-refractivity contribution in [3.8, 4) is 0 Å². The van der Waals surface area contributed by atoms with E-state index in [1.54, 1.807) is 25.1 Å². The Kier molecular flexibility index (Phi) is 5.86. The van der Waals surface area contributed by atoms with E-state index in [-0.39, 0.29) is 23.2 Å². The van der Waals surface area contributed by atoms with E-state index in [4.69, 9.17) is 16.3 Å². The van der Waals surface area contributed by atoms with Gasteiger partial charge < -0.3 is 9.30 Å². The standard InChI is InChI=1S/C20H18ClN5O4S/c1-2-30-20(27)15(10-26-12-24-17-18(21)22-11-23-19(17)26)25-31(28,29)16-9-5-7-13-6-3-4-8-14(13)16/h3-9,11-12,15,25H,2,10H2,1H3. The molecule has 0 spiro atoms. The molecule has 0 aliphatic carbocycles. The van der Waals surface area contributed by atoms with Crippen molar-refractivity contribution < 1.29 is 17.9 Å². The van der Waals surface area contributed by atoms with E-state index in [1.807, 2.05) is 18.2 Å². The number of ether oxygens (including phenoxy) is 1. The monoisotopic (exact) mass is 459 g/mol. The van der Waals surface area contributed by atoms with E-state index in [1.165, 1.54) is 23.3 Å². The van der Waals surface area contributed by atoms with Crippen molar-refractivity contribution in [2.45, 2.75) is 24.4 Å². The quantitative estimate of drug-likeness (QED) is 0.333. The molecule has 0 bridgehead atoms. The van der Waals surface area contributed by atoms with Gasteiger partial charge in [-0.25, -0.2) is 23.4 Å². The SMILES string of the molecule is CCOC(=O)C(Cn1cnc2c(Cl)ncnc21)NS(=O)(=O)c1cccc2ccccc12. The largest absolute Gasteiger partial charge is 0.465 e. The van der Waals surface area contributed by atoms with Crippen LogP contribution in [-0.4, -0.2) is 46.6 Å². The van der Waals surface area contributed by atoms with Crippen molar-refractivity contribution in [1.82, 2.24) is 24.2 Å². The number of fused-ring (bicyclic) bond motifs is 2. The molecule has 1 unspecified atom stereocenters. The number of hydrogen-bond acceptors (Lipinski definition) is 7. The molecule has 1 N–H and O–H groups in total. The molecular weight excluding hydrogens is 442 g/mol. The summed E-state index contributed by atoms with van der Waals surface area (Å²) in [6.07, 6.45) is 2.69. The minimum absolute atomic E-state index is 0.0701. The van der Waals surface area contributed by atoms with E-state index < -0.39 is 22.0 Å². The molecule has 9 nitrogen and oxygen atoms in total. The number of sulfonamides is 1. The van der Waals surface area contributed by atoms with Gasteiger partial charge in [0.15, 0.2) is 10.8 Å². The maximum absolute atomic E-state index is 13.2. The van der Waals surface area contributed by atoms with E-state index in [0.29, 0.717) is 16.6 Å². The first-order valence-corrected chi connectivity index (χ1v) is 11.2. The van der Waals surface area contributed by atoms with Gasteiger partial charge in [0.05, 0.1) is 24.4 Å². The number of imidazole rings is 1. The third-order valence-corrected chi connectivity index (χ3v) is 6.45. The van der Waals surface area contributed by atoms with Crippen LogP contribution >= 0.6 is 11.6 Å². The zero-order valence-electron chi connectivity index (χ0n) is 16.4. The highest BCUT2D eigenvalue weighted by atomic mass is 35.5. The molecule has 160 valence electrons. The van der Waals surface area contributed by atoms with Gasteiger partial charge in [0.25, 0.3) is 0 Å². The van der Waals surface area contributed by atoms with Gasteiger partial charge in [-0.3, -0.25) is 4.79 Å². The molecule has 0 saturated heterocycles. The van der Waals surface area contributed by atoms with Crippen molar-refractivity contribution in [2.24, 2.45) is 0 Å². The van der Waals surface area contributed by atoms with Crippen LogP contribution in [0.4, 0.5) is 0 Å². The van der Waals surface area contributed by atoms with E-state index in [0.717, 1.165) is 5.39 Å². The molecular formula is C20H18ClN5O4S. The van der Waals surface area contributed by atoms with Crippen LogP contribution in [0, 0.1) is 0 Å². The van der Waals surface area contributed by atoms with Crippen LogP contribution < -0.4 is 4.72 Å². The molecule has 2 aromatic carbocycles. The van der Waals surface area contributed by atoms with Gasteiger partial charge in [-0.15, -0.1) is 0 Å². The number of halogens is 1. The molecule has 0 amide bonds. The Morgan fingerprint density at radius 2 is 1.94 bits per heavy atom. The van der Waals surface area contributed by atoms with Crippen LogP contribution in [0.25, 0.3) is 21.9 Å². The number of benzene rings is 2. The lowest BCUT2D eigenvalue weighted by Gasteiger charge is -2.19. The molecule has 0 fully saturated rings. The number of aromatic nitrogens is 4. The molecule has 31 heavy (non-hydrogen) atoms. The van der Waals surface area contributed by atoms with E-state index in [2.05, 4.69) is 19.7 Å². The second kappa shape index (κ2) is 8.58. The summed E-state index contributed by atoms with van der Waals surface area (Å²) in [5, 5.41) is 1.48. The molecule has 11 heteroatoms. The lowest BCUT2D eigenvalue weighted by atomic mass is 10.1. The summed E-state index contributed by atoms with van der Waals surface area (Å²) in [7, 11) is -4.06. The second-order valence-electron chi connectivity index (χ2n) is 6.64. The molecule has 0 aliphatic heterocycles. The summed E-state index contributed by atoms with van der Waals surface area (Å²) in [4.78, 5) is 24.8. The van der Waals surface area contributed by atoms with E-state index >= 15 is 0 Å². The summed E-state index contributed by atoms with van der Waals surface area (Å²) < 4.78 is 35.5. The Bertz CT molecular complexity index is 1370. The highest BCUT2D eigenvalue weighted by Crippen LogP contribution is 2.23. The average molecular weight is 460 g/mol. The lowest BCUT2D eigenvalue weighted by Crippen LogP contribution is -2.44. The van der Waals surface area contributed by atoms with Gasteiger partial charge in [0.2, 0.25) is 10.0 Å². The molecule has 0 aliphatic rings. The van der Waals surface area contributed by atoms with Crippen LogP contribution in [0.1, 0.15) is 6.92 Å². The second-order valence-corrected chi connectivity index (χ2v) is 8.68. The summed E-state index contributed by atoms with van der Waals surface area (Å²) in [5.41, 5.74) is 0.724. The fourth-order valence-corrected chi connectivity index (χ4v) is 4.85. The minimum atomic E-state index is -4.06. The topological polar surface area (TPSA) is 116 Å². The Balaban J connectivity index is 1.71. The van der Waals surface area contributed by atoms with E-state index in [9.17, 15) is 13.2 Å². The van der Waals surface area contributed by atoms with Gasteiger partial charge >= 0.3 is 5.97 Å². The summed E-state index contributed by atoms with van der Waals surface area (Å²) in [6.45, 7) is 1.66. The summed E-state index contributed by atoms with van der Waals surface area (Å²) in [6, 6.07) is 10.9. The maximum atomic E-state index is 13.2. The Morgan fingerprint density at radius 3 is 2.74 bits per heavy atom. The number of rotatable bonds is 7. The number of carbonyl (C=O) groups excluding carboxylic acids is 1. The molecule has 4 rings (SSSR count). The zero-order valence-corrected chi connectivity index (χ0v) is 18.0. The Labute approximate surface area is 183 Å². The molecule has 4 aromatic rings. The van der Waals surface area contributed by atoms with Gasteiger partial charge in [-0.1, -0.05) is 48.0 Å². The van der Waals surface area contributed by atoms with Crippen molar-refractivity contribution >= 4 is 49.5 Å². The number of carbonyl (C=O) groups is 1. The predicted molar refractivity (Wildman–Crippen MR) is 115 cm³/mol. The first kappa shape index (κ1) is 21.2. The van der Waals surface area contributed by atoms with Gasteiger partial charge in [-0.2, -0.15) is 4.72 Å². The zero-order chi connectivity index (χ0) is 22.0. The van der Waals surface area contributed by atoms with Crippen LogP contribution in [0.3, 0.4) is 0 Å². The molecule has 0 radical (unpaired) electrons. The highest BCUT2D eigenvalue weighted by Gasteiger charge is 2.29. The first-order valence-electron chi connectivity index (χ1n) is 9.39. The van der Waals surface area contributed by atoms with Crippen LogP contribution in [0.2, 0.25) is 5.15 Å². The smallest absolute Gasteiger partial charge is 0.326 e. The fraction of sp³-hybridized carbons (Fsp3) is 0.200. The number of esters is 1. The maximum Gasteiger partial charge on any atom is 0.326 e. The number of nitrogens with one attached hydrogen (secondary N) is 1. The van der Waals surface area contributed by atoms with Crippen LogP contribution in [0.5, 0.6) is 0 Å². The van der Waals surface area contributed by atoms with Crippen molar-refractivity contribution in [3.63, 3.8) is 0 Å². The average Bonchev–Trinajstić information content (AvgIpc) is 3.17. The predicted octanol–water partition coefficient (Wildman–Crippen LogP) is 2.54. The Hall–Kier alpha value is -3.08. The third kappa shape index (κ3) is 4.22. The fourth-order valence-electron chi connectivity index (χ4n) is 3.27. The number of nitrogens with zero attached hydrogens (tertiary/aromatic N) is 4. The number of hydrogen-bond donors (Lipinski definition) is 1. The highest BCUT2D eigenvalue weighted by molar-refractivity contribution is 7.89. The molecule has 2 aromatic heterocycles. The van der Waals surface area contributed by atoms with Crippen molar-refractivity contribution in [3.05, 3.63) is 60.3 Å². The minimum Gasteiger partial charge on any atom is -0.465 e. The van der Waals surface area contributed by atoms with Crippen molar-refractivity contribution in [1.29, 1.82) is 0 Å². The molecule has 0 saturated carbocycles. The lowest BCUT2D eigenvalue weighted by molar-refractivity contribution is -0.145. The molecule has 1 atom stereocenters. The normalized spacial score (nSPS) is 12.8. The van der Waals surface area contributed by atoms with Gasteiger partial charge in [0, 0.05) is 5.39 Å². The van der Waals surface area contributed by atoms with Crippen molar-refractivity contribution in [2.75, 3.05) is 6.61 Å².